The van der Waals surface area contributed by atoms with Crippen molar-refractivity contribution >= 4 is 18.0 Å². The van der Waals surface area contributed by atoms with Gasteiger partial charge in [-0.3, -0.25) is 9.59 Å². The second-order valence-corrected chi connectivity index (χ2v) is 3.57. The first-order valence-corrected chi connectivity index (χ1v) is 5.63. The fraction of sp³-hybridized carbons (Fsp3) is 0.154. The Labute approximate surface area is 116 Å². The third kappa shape index (κ3) is 4.45. The van der Waals surface area contributed by atoms with Gasteiger partial charge in [-0.15, -0.1) is 0 Å². The van der Waals surface area contributed by atoms with Gasteiger partial charge in [-0.2, -0.15) is 5.10 Å². The average Bonchev–Trinajstić information content (AvgIpc) is 2.45. The Kier molecular flexibility index (Phi) is 5.76. The monoisotopic (exact) mass is 277 g/mol. The molecule has 7 nitrogen and oxygen atoms in total. The summed E-state index contributed by atoms with van der Waals surface area (Å²) in [5.41, 5.74) is 7.40. The minimum Gasteiger partial charge on any atom is -0.493 e. The summed E-state index contributed by atoms with van der Waals surface area (Å²) in [6, 6.07) is 5.07. The number of benzene rings is 1. The van der Waals surface area contributed by atoms with Gasteiger partial charge in [0.1, 0.15) is 6.61 Å². The van der Waals surface area contributed by atoms with E-state index in [-0.39, 0.29) is 0 Å². The lowest BCUT2D eigenvalue weighted by molar-refractivity contribution is -0.137. The zero-order valence-corrected chi connectivity index (χ0v) is 11.0. The molecule has 0 saturated carbocycles. The number of nitrogens with two attached hydrogens (primary N) is 1. The fourth-order valence-electron chi connectivity index (χ4n) is 1.25. The lowest BCUT2D eigenvalue weighted by Crippen LogP contribution is -2.32. The van der Waals surface area contributed by atoms with E-state index in [1.807, 2.05) is 5.43 Å². The molecule has 2 amide bonds. The first kappa shape index (κ1) is 15.2. The zero-order valence-electron chi connectivity index (χ0n) is 11.0. The molecule has 0 unspecified atom stereocenters. The summed E-state index contributed by atoms with van der Waals surface area (Å²) in [6.07, 6.45) is 2.97. The molecule has 0 radical (unpaired) electrons. The Balaban J connectivity index is 2.77. The van der Waals surface area contributed by atoms with Crippen molar-refractivity contribution < 1.29 is 19.1 Å². The summed E-state index contributed by atoms with van der Waals surface area (Å²) in [5, 5.41) is 3.59. The van der Waals surface area contributed by atoms with Crippen molar-refractivity contribution in [2.24, 2.45) is 10.8 Å². The topological polar surface area (TPSA) is 103 Å². The molecule has 0 heterocycles. The van der Waals surface area contributed by atoms with Crippen molar-refractivity contribution in [2.75, 3.05) is 13.7 Å². The van der Waals surface area contributed by atoms with Gasteiger partial charge in [0.2, 0.25) is 0 Å². The van der Waals surface area contributed by atoms with E-state index in [9.17, 15) is 9.59 Å². The van der Waals surface area contributed by atoms with Gasteiger partial charge in [-0.1, -0.05) is 12.7 Å². The van der Waals surface area contributed by atoms with Crippen molar-refractivity contribution in [1.82, 2.24) is 5.43 Å². The van der Waals surface area contributed by atoms with Gasteiger partial charge in [0.05, 0.1) is 13.3 Å². The fourth-order valence-corrected chi connectivity index (χ4v) is 1.25. The number of hydrazone groups is 1. The van der Waals surface area contributed by atoms with Crippen LogP contribution in [0.25, 0.3) is 0 Å². The number of carbonyl (C=O) groups is 2. The van der Waals surface area contributed by atoms with Crippen LogP contribution >= 0.6 is 0 Å². The highest BCUT2D eigenvalue weighted by atomic mass is 16.5. The van der Waals surface area contributed by atoms with E-state index in [2.05, 4.69) is 11.7 Å². The van der Waals surface area contributed by atoms with E-state index in [4.69, 9.17) is 15.2 Å². The third-order valence-electron chi connectivity index (χ3n) is 2.15. The van der Waals surface area contributed by atoms with E-state index >= 15 is 0 Å². The van der Waals surface area contributed by atoms with Crippen molar-refractivity contribution in [3.8, 4) is 11.5 Å². The van der Waals surface area contributed by atoms with E-state index in [1.165, 1.54) is 13.3 Å². The zero-order chi connectivity index (χ0) is 15.0. The number of amides is 2. The maximum Gasteiger partial charge on any atom is 0.329 e. The van der Waals surface area contributed by atoms with Gasteiger partial charge in [-0.05, 0) is 23.8 Å². The van der Waals surface area contributed by atoms with Crippen LogP contribution in [0.5, 0.6) is 11.5 Å². The quantitative estimate of drug-likeness (QED) is 0.335. The van der Waals surface area contributed by atoms with E-state index in [0.29, 0.717) is 23.7 Å². The van der Waals surface area contributed by atoms with Crippen molar-refractivity contribution in [1.29, 1.82) is 0 Å². The largest absolute Gasteiger partial charge is 0.493 e. The SMILES string of the molecule is C=CCOc1ccc(/C=N\NC(=O)C(N)=O)cc1OC. The minimum absolute atomic E-state index is 0.360. The van der Waals surface area contributed by atoms with E-state index in [0.717, 1.165) is 0 Å². The maximum absolute atomic E-state index is 10.9. The Morgan fingerprint density at radius 1 is 1.45 bits per heavy atom. The van der Waals surface area contributed by atoms with Crippen LogP contribution in [-0.4, -0.2) is 31.7 Å². The van der Waals surface area contributed by atoms with Gasteiger partial charge >= 0.3 is 11.8 Å². The summed E-state index contributed by atoms with van der Waals surface area (Å²) >= 11 is 0. The van der Waals surface area contributed by atoms with Crippen LogP contribution in [0.15, 0.2) is 36.0 Å². The van der Waals surface area contributed by atoms with E-state index < -0.39 is 11.8 Å². The molecular formula is C13H15N3O4. The molecule has 1 aromatic carbocycles. The Morgan fingerprint density at radius 2 is 2.20 bits per heavy atom. The number of nitrogens with one attached hydrogen (secondary N) is 1. The summed E-state index contributed by atoms with van der Waals surface area (Å²) in [7, 11) is 1.51. The number of methoxy groups -OCH3 is 1. The van der Waals surface area contributed by atoms with Crippen LogP contribution in [0.2, 0.25) is 0 Å². The lowest BCUT2D eigenvalue weighted by atomic mass is 10.2. The second-order valence-electron chi connectivity index (χ2n) is 3.57. The summed E-state index contributed by atoms with van der Waals surface area (Å²) in [6.45, 7) is 3.91. The predicted molar refractivity (Wildman–Crippen MR) is 73.6 cm³/mol. The van der Waals surface area contributed by atoms with Gasteiger partial charge in [0.25, 0.3) is 0 Å². The van der Waals surface area contributed by atoms with Crippen LogP contribution in [0.1, 0.15) is 5.56 Å². The minimum atomic E-state index is -1.10. The molecule has 0 saturated heterocycles. The molecule has 0 aliphatic heterocycles. The van der Waals surface area contributed by atoms with Crippen LogP contribution in [0, 0.1) is 0 Å². The molecule has 0 atom stereocenters. The number of hydrogen-bond donors (Lipinski definition) is 2. The Hall–Kier alpha value is -2.83. The molecule has 1 aromatic rings. The van der Waals surface area contributed by atoms with Crippen molar-refractivity contribution in [3.63, 3.8) is 0 Å². The predicted octanol–water partition coefficient (Wildman–Crippen LogP) is 0.195. The van der Waals surface area contributed by atoms with Crippen LogP contribution in [0.3, 0.4) is 0 Å². The first-order chi connectivity index (χ1) is 9.58. The number of primary amides is 1. The van der Waals surface area contributed by atoms with Gasteiger partial charge in [-0.25, -0.2) is 5.43 Å². The molecule has 0 aromatic heterocycles. The number of carbonyl (C=O) groups excluding carboxylic acids is 2. The molecule has 3 N–H and O–H groups in total. The first-order valence-electron chi connectivity index (χ1n) is 5.63. The van der Waals surface area contributed by atoms with Crippen LogP contribution in [0.4, 0.5) is 0 Å². The Bertz CT molecular complexity index is 540. The molecule has 20 heavy (non-hydrogen) atoms. The van der Waals surface area contributed by atoms with E-state index in [1.54, 1.807) is 24.3 Å². The smallest absolute Gasteiger partial charge is 0.329 e. The lowest BCUT2D eigenvalue weighted by Gasteiger charge is -2.09. The molecule has 7 heteroatoms. The molecule has 0 spiro atoms. The highest BCUT2D eigenvalue weighted by Gasteiger charge is 2.06. The number of rotatable bonds is 6. The molecule has 1 rings (SSSR count). The third-order valence-corrected chi connectivity index (χ3v) is 2.15. The maximum atomic E-state index is 10.9. The molecule has 106 valence electrons. The normalized spacial score (nSPS) is 10.1. The highest BCUT2D eigenvalue weighted by Crippen LogP contribution is 2.27. The van der Waals surface area contributed by atoms with Gasteiger partial charge in [0, 0.05) is 0 Å². The standard InChI is InChI=1S/C13H15N3O4/c1-3-6-20-10-5-4-9(7-11(10)19-2)8-15-16-13(18)12(14)17/h3-5,7-8H,1,6H2,2H3,(H2,14,17)(H,16,18)/b15-8-. The highest BCUT2D eigenvalue weighted by molar-refractivity contribution is 6.34. The van der Waals surface area contributed by atoms with Crippen LogP contribution in [-0.2, 0) is 9.59 Å². The molecule has 0 aliphatic carbocycles. The Morgan fingerprint density at radius 3 is 2.80 bits per heavy atom. The van der Waals surface area contributed by atoms with Crippen molar-refractivity contribution in [2.45, 2.75) is 0 Å². The number of hydrogen-bond acceptors (Lipinski definition) is 5. The summed E-state index contributed by atoms with van der Waals surface area (Å²) in [4.78, 5) is 21.4. The molecule has 0 aliphatic rings. The average molecular weight is 277 g/mol. The second kappa shape index (κ2) is 7.57. The molecular weight excluding hydrogens is 262 g/mol. The molecule has 0 fully saturated rings. The summed E-state index contributed by atoms with van der Waals surface area (Å²) < 4.78 is 10.6. The van der Waals surface area contributed by atoms with Gasteiger partial charge in [0.15, 0.2) is 11.5 Å². The van der Waals surface area contributed by atoms with Crippen molar-refractivity contribution in [3.05, 3.63) is 36.4 Å². The number of ether oxygens (including phenoxy) is 2. The molecule has 0 bridgehead atoms. The van der Waals surface area contributed by atoms with Gasteiger partial charge < -0.3 is 15.2 Å². The number of nitrogens with zero attached hydrogens (tertiary/aromatic N) is 1. The van der Waals surface area contributed by atoms with Crippen LogP contribution < -0.4 is 20.6 Å². The summed E-state index contributed by atoms with van der Waals surface area (Å²) in [5.74, 6) is -1.02.